The van der Waals surface area contributed by atoms with E-state index in [0.717, 1.165) is 4.90 Å². The van der Waals surface area contributed by atoms with E-state index in [9.17, 15) is 4.39 Å². The van der Waals surface area contributed by atoms with Gasteiger partial charge in [-0.25, -0.2) is 4.39 Å². The summed E-state index contributed by atoms with van der Waals surface area (Å²) in [5.74, 6) is 0.0908. The molecular weight excluding hydrogens is 213 g/mol. The molecular formula is C10H10FN3S. The number of nitrogens with one attached hydrogen (secondary N) is 1. The number of H-pyrrole nitrogens is 1. The number of benzene rings is 1. The maximum Gasteiger partial charge on any atom is 0.131 e. The van der Waals surface area contributed by atoms with E-state index in [1.54, 1.807) is 23.9 Å². The molecule has 78 valence electrons. The van der Waals surface area contributed by atoms with E-state index in [0.29, 0.717) is 16.9 Å². The second-order valence-electron chi connectivity index (χ2n) is 3.04. The minimum atomic E-state index is -0.291. The van der Waals surface area contributed by atoms with Gasteiger partial charge in [0.05, 0.1) is 6.20 Å². The molecule has 0 aliphatic rings. The molecule has 2 rings (SSSR count). The van der Waals surface area contributed by atoms with Crippen LogP contribution >= 0.6 is 11.8 Å². The molecule has 0 amide bonds. The minimum Gasteiger partial charge on any atom is -0.384 e. The summed E-state index contributed by atoms with van der Waals surface area (Å²) in [5, 5.41) is 6.36. The predicted octanol–water partition coefficient (Wildman–Crippen LogP) is 2.52. The second kappa shape index (κ2) is 3.94. The van der Waals surface area contributed by atoms with Crippen LogP contribution in [-0.2, 0) is 0 Å². The summed E-state index contributed by atoms with van der Waals surface area (Å²) in [6.07, 6.45) is 3.47. The molecule has 0 spiro atoms. The number of rotatable bonds is 2. The third kappa shape index (κ3) is 1.83. The van der Waals surface area contributed by atoms with E-state index < -0.39 is 0 Å². The largest absolute Gasteiger partial charge is 0.384 e. The molecule has 1 aromatic carbocycles. The van der Waals surface area contributed by atoms with Crippen LogP contribution in [0.1, 0.15) is 0 Å². The fourth-order valence-electron chi connectivity index (χ4n) is 1.35. The Kier molecular flexibility index (Phi) is 2.64. The van der Waals surface area contributed by atoms with Crippen LogP contribution in [-0.4, -0.2) is 16.5 Å². The maximum atomic E-state index is 13.5. The molecule has 5 heteroatoms. The zero-order valence-electron chi connectivity index (χ0n) is 8.12. The van der Waals surface area contributed by atoms with Crippen molar-refractivity contribution >= 4 is 17.6 Å². The van der Waals surface area contributed by atoms with Gasteiger partial charge in [0.1, 0.15) is 11.6 Å². The zero-order valence-corrected chi connectivity index (χ0v) is 8.94. The Hall–Kier alpha value is -1.49. The van der Waals surface area contributed by atoms with Crippen molar-refractivity contribution in [3.8, 4) is 11.1 Å². The number of hydrogen-bond donors (Lipinski definition) is 2. The van der Waals surface area contributed by atoms with Gasteiger partial charge in [0.15, 0.2) is 0 Å². The Balaban J connectivity index is 2.56. The Morgan fingerprint density at radius 3 is 2.80 bits per heavy atom. The fourth-order valence-corrected chi connectivity index (χ4v) is 1.79. The molecule has 2 aromatic rings. The van der Waals surface area contributed by atoms with Crippen molar-refractivity contribution < 1.29 is 4.39 Å². The molecule has 3 nitrogen and oxygen atoms in total. The van der Waals surface area contributed by atoms with Crippen molar-refractivity contribution in [1.29, 1.82) is 0 Å². The summed E-state index contributed by atoms with van der Waals surface area (Å²) in [5.41, 5.74) is 6.72. The van der Waals surface area contributed by atoms with Crippen molar-refractivity contribution in [2.75, 3.05) is 12.0 Å². The highest BCUT2D eigenvalue weighted by Gasteiger charge is 2.10. The molecule has 0 aliphatic carbocycles. The zero-order chi connectivity index (χ0) is 10.8. The molecule has 0 bridgehead atoms. The summed E-state index contributed by atoms with van der Waals surface area (Å²) < 4.78 is 13.5. The smallest absolute Gasteiger partial charge is 0.131 e. The number of aromatic amines is 1. The topological polar surface area (TPSA) is 54.7 Å². The summed E-state index contributed by atoms with van der Waals surface area (Å²) in [6, 6.07) is 4.94. The van der Waals surface area contributed by atoms with Crippen molar-refractivity contribution in [3.05, 3.63) is 30.2 Å². The number of nitrogen functional groups attached to an aromatic ring is 1. The average Bonchev–Trinajstić information content (AvgIpc) is 2.65. The second-order valence-corrected chi connectivity index (χ2v) is 3.92. The molecule has 0 fully saturated rings. The Bertz CT molecular complexity index is 481. The van der Waals surface area contributed by atoms with Gasteiger partial charge in [0.2, 0.25) is 0 Å². The van der Waals surface area contributed by atoms with Gasteiger partial charge < -0.3 is 5.73 Å². The maximum absolute atomic E-state index is 13.5. The van der Waals surface area contributed by atoms with Crippen LogP contribution in [0.5, 0.6) is 0 Å². The summed E-state index contributed by atoms with van der Waals surface area (Å²) in [7, 11) is 0. The van der Waals surface area contributed by atoms with Crippen LogP contribution in [0.25, 0.3) is 11.1 Å². The number of anilines is 1. The number of nitrogens with zero attached hydrogens (tertiary/aromatic N) is 1. The first-order valence-electron chi connectivity index (χ1n) is 4.35. The molecule has 15 heavy (non-hydrogen) atoms. The number of nitrogens with two attached hydrogens (primary N) is 1. The highest BCUT2D eigenvalue weighted by atomic mass is 32.2. The van der Waals surface area contributed by atoms with Gasteiger partial charge >= 0.3 is 0 Å². The average molecular weight is 223 g/mol. The molecule has 0 saturated carbocycles. The van der Waals surface area contributed by atoms with Crippen molar-refractivity contribution in [2.45, 2.75) is 4.90 Å². The van der Waals surface area contributed by atoms with Crippen LogP contribution in [0.4, 0.5) is 10.2 Å². The molecule has 3 N–H and O–H groups in total. The number of halogens is 1. The quantitative estimate of drug-likeness (QED) is 0.769. The third-order valence-electron chi connectivity index (χ3n) is 2.13. The van der Waals surface area contributed by atoms with E-state index in [4.69, 9.17) is 5.73 Å². The highest BCUT2D eigenvalue weighted by Crippen LogP contribution is 2.29. The lowest BCUT2D eigenvalue weighted by molar-refractivity contribution is 0.630. The van der Waals surface area contributed by atoms with E-state index in [-0.39, 0.29) is 5.82 Å². The third-order valence-corrected chi connectivity index (χ3v) is 2.86. The SMILES string of the molecule is CSc1ccc(F)c(-c2cn[nH]c2N)c1. The normalized spacial score (nSPS) is 10.5. The van der Waals surface area contributed by atoms with Gasteiger partial charge in [0, 0.05) is 16.0 Å². The number of hydrogen-bond acceptors (Lipinski definition) is 3. The first kappa shape index (κ1) is 10.0. The Morgan fingerprint density at radius 1 is 1.40 bits per heavy atom. The van der Waals surface area contributed by atoms with Crippen molar-refractivity contribution in [1.82, 2.24) is 10.2 Å². The van der Waals surface area contributed by atoms with Gasteiger partial charge in [-0.2, -0.15) is 5.10 Å². The minimum absolute atomic E-state index is 0.291. The molecule has 0 saturated heterocycles. The summed E-state index contributed by atoms with van der Waals surface area (Å²) in [4.78, 5) is 0.993. The van der Waals surface area contributed by atoms with Crippen LogP contribution in [0.15, 0.2) is 29.3 Å². The standard InChI is InChI=1S/C10H10FN3S/c1-15-6-2-3-9(11)7(4-6)8-5-13-14-10(8)12/h2-5H,1H3,(H3,12,13,14). The lowest BCUT2D eigenvalue weighted by Crippen LogP contribution is -1.90. The van der Waals surface area contributed by atoms with Crippen molar-refractivity contribution in [2.24, 2.45) is 0 Å². The van der Waals surface area contributed by atoms with Gasteiger partial charge in [-0.1, -0.05) is 0 Å². The van der Waals surface area contributed by atoms with E-state index in [1.165, 1.54) is 12.3 Å². The van der Waals surface area contributed by atoms with Crippen LogP contribution in [0.2, 0.25) is 0 Å². The molecule has 1 aromatic heterocycles. The first-order chi connectivity index (χ1) is 7.22. The molecule has 0 aliphatic heterocycles. The number of aromatic nitrogens is 2. The molecule has 1 heterocycles. The van der Waals surface area contributed by atoms with Gasteiger partial charge in [-0.05, 0) is 24.5 Å². The van der Waals surface area contributed by atoms with Gasteiger partial charge in [-0.3, -0.25) is 5.10 Å². The van der Waals surface area contributed by atoms with Crippen molar-refractivity contribution in [3.63, 3.8) is 0 Å². The fraction of sp³-hybridized carbons (Fsp3) is 0.100. The van der Waals surface area contributed by atoms with Crippen LogP contribution in [0, 0.1) is 5.82 Å². The van der Waals surface area contributed by atoms with E-state index >= 15 is 0 Å². The molecule has 0 atom stereocenters. The van der Waals surface area contributed by atoms with Gasteiger partial charge in [0.25, 0.3) is 0 Å². The van der Waals surface area contributed by atoms with E-state index in [2.05, 4.69) is 10.2 Å². The van der Waals surface area contributed by atoms with Crippen LogP contribution < -0.4 is 5.73 Å². The van der Waals surface area contributed by atoms with E-state index in [1.807, 2.05) is 6.26 Å². The lowest BCUT2D eigenvalue weighted by atomic mass is 10.1. The van der Waals surface area contributed by atoms with Crippen LogP contribution in [0.3, 0.4) is 0 Å². The number of thioether (sulfide) groups is 1. The van der Waals surface area contributed by atoms with Gasteiger partial charge in [-0.15, -0.1) is 11.8 Å². The Morgan fingerprint density at radius 2 is 2.20 bits per heavy atom. The highest BCUT2D eigenvalue weighted by molar-refractivity contribution is 7.98. The summed E-state index contributed by atoms with van der Waals surface area (Å²) in [6.45, 7) is 0. The Labute approximate surface area is 90.9 Å². The molecule has 0 unspecified atom stereocenters. The molecule has 0 radical (unpaired) electrons. The lowest BCUT2D eigenvalue weighted by Gasteiger charge is -2.03. The monoisotopic (exact) mass is 223 g/mol. The summed E-state index contributed by atoms with van der Waals surface area (Å²) >= 11 is 1.56. The predicted molar refractivity (Wildman–Crippen MR) is 60.2 cm³/mol. The first-order valence-corrected chi connectivity index (χ1v) is 5.57.